The van der Waals surface area contributed by atoms with Crippen LogP contribution in [0.2, 0.25) is 10.0 Å². The van der Waals surface area contributed by atoms with Gasteiger partial charge in [0.2, 0.25) is 10.0 Å². The number of ketones is 2. The second kappa shape index (κ2) is 14.2. The quantitative estimate of drug-likeness (QED) is 0.196. The van der Waals surface area contributed by atoms with Gasteiger partial charge >= 0.3 is 12.3 Å². The first-order valence-corrected chi connectivity index (χ1v) is 15.8. The summed E-state index contributed by atoms with van der Waals surface area (Å²) in [5.41, 5.74) is -0.642. The molecule has 0 aliphatic carbocycles. The molecule has 0 aliphatic rings. The number of nitrogens with one attached hydrogen (secondary N) is 1. The van der Waals surface area contributed by atoms with Crippen LogP contribution in [0.1, 0.15) is 43.2 Å². The average molecular weight is 713 g/mol. The van der Waals surface area contributed by atoms with Gasteiger partial charge in [-0.15, -0.1) is 0 Å². The lowest BCUT2D eigenvalue weighted by molar-refractivity contribution is -0.139. The Morgan fingerprint density at radius 3 is 2.40 bits per heavy atom. The molecule has 2 aromatic carbocycles. The summed E-state index contributed by atoms with van der Waals surface area (Å²) in [4.78, 5) is 43.2. The van der Waals surface area contributed by atoms with Crippen LogP contribution in [-0.4, -0.2) is 66.4 Å². The van der Waals surface area contributed by atoms with Crippen molar-refractivity contribution in [3.8, 4) is 5.82 Å². The number of Topliss-reactive ketones (excluding diaryl/α,β-unsaturated/α-hetero) is 2. The van der Waals surface area contributed by atoms with E-state index < -0.39 is 50.9 Å². The molecule has 2 heterocycles. The number of carbonyl (C=O) groups excluding carboxylic acids is 3. The summed E-state index contributed by atoms with van der Waals surface area (Å²) in [6.07, 6.45) is -4.68. The number of likely N-dealkylation sites (N-methyl/N-ethyl adjacent to an activating group) is 1. The highest BCUT2D eigenvalue weighted by atomic mass is 35.5. The molecule has 4 aromatic rings. The van der Waals surface area contributed by atoms with Crippen molar-refractivity contribution >= 4 is 50.9 Å². The molecular formula is C30H26Cl2F3N5O6S. The van der Waals surface area contributed by atoms with E-state index in [1.165, 1.54) is 37.5 Å². The van der Waals surface area contributed by atoms with E-state index in [1.54, 1.807) is 13.0 Å². The number of halogens is 5. The van der Waals surface area contributed by atoms with Gasteiger partial charge in [0.05, 0.1) is 41.4 Å². The molecule has 0 aliphatic heterocycles. The Kier molecular flexibility index (Phi) is 10.7. The number of nitrogens with zero attached hydrogens (tertiary/aromatic N) is 4. The zero-order chi connectivity index (χ0) is 34.7. The lowest BCUT2D eigenvalue weighted by Gasteiger charge is -2.17. The van der Waals surface area contributed by atoms with Crippen LogP contribution < -0.4 is 4.72 Å². The lowest BCUT2D eigenvalue weighted by Crippen LogP contribution is -2.32. The van der Waals surface area contributed by atoms with Crippen LogP contribution >= 0.6 is 23.2 Å². The van der Waals surface area contributed by atoms with Gasteiger partial charge in [-0.1, -0.05) is 35.3 Å². The number of alkyl halides is 3. The minimum atomic E-state index is -4.93. The van der Waals surface area contributed by atoms with Gasteiger partial charge < -0.3 is 9.64 Å². The molecule has 0 atom stereocenters. The number of ether oxygens (including phenoxy) is 1. The molecule has 11 nitrogen and oxygen atoms in total. The summed E-state index contributed by atoms with van der Waals surface area (Å²) in [6.45, 7) is 0.661. The van der Waals surface area contributed by atoms with Crippen molar-refractivity contribution in [2.75, 3.05) is 20.7 Å². The van der Waals surface area contributed by atoms with Crippen LogP contribution in [0, 0.1) is 6.92 Å². The fraction of sp³-hybridized carbons (Fsp3) is 0.233. The van der Waals surface area contributed by atoms with E-state index in [-0.39, 0.29) is 45.8 Å². The summed E-state index contributed by atoms with van der Waals surface area (Å²) in [5.74, 6) is -1.11. The number of carbonyl (C=O) groups is 3. The number of hydrogen-bond acceptors (Lipinski definition) is 8. The predicted molar refractivity (Wildman–Crippen MR) is 165 cm³/mol. The number of methoxy groups -OCH3 is 1. The Labute approximate surface area is 277 Å². The van der Waals surface area contributed by atoms with E-state index in [2.05, 4.69) is 19.5 Å². The molecule has 0 unspecified atom stereocenters. The van der Waals surface area contributed by atoms with Crippen LogP contribution in [0.4, 0.5) is 18.0 Å². The monoisotopic (exact) mass is 711 g/mol. The van der Waals surface area contributed by atoms with Crippen molar-refractivity contribution in [3.63, 3.8) is 0 Å². The molecule has 0 saturated heterocycles. The van der Waals surface area contributed by atoms with E-state index in [1.807, 2.05) is 0 Å². The molecule has 47 heavy (non-hydrogen) atoms. The largest absolute Gasteiger partial charge is 0.453 e. The molecule has 0 bridgehead atoms. The molecule has 0 fully saturated rings. The van der Waals surface area contributed by atoms with Crippen LogP contribution in [0.5, 0.6) is 0 Å². The summed E-state index contributed by atoms with van der Waals surface area (Å²) in [6, 6.07) is 10.9. The molecule has 1 N–H and O–H groups in total. The number of sulfonamides is 1. The molecular weight excluding hydrogens is 686 g/mol. The first kappa shape index (κ1) is 35.5. The molecule has 2 aromatic heterocycles. The van der Waals surface area contributed by atoms with Gasteiger partial charge in [0.1, 0.15) is 5.69 Å². The average Bonchev–Trinajstić information content (AvgIpc) is 3.45. The fourth-order valence-corrected chi connectivity index (χ4v) is 6.32. The van der Waals surface area contributed by atoms with Crippen molar-refractivity contribution < 1.29 is 40.7 Å². The van der Waals surface area contributed by atoms with Crippen LogP contribution in [0.3, 0.4) is 0 Å². The van der Waals surface area contributed by atoms with Crippen LogP contribution in [0.25, 0.3) is 5.82 Å². The van der Waals surface area contributed by atoms with Gasteiger partial charge in [0.25, 0.3) is 0 Å². The second-order valence-corrected chi connectivity index (χ2v) is 12.7. The summed E-state index contributed by atoms with van der Waals surface area (Å²) >= 11 is 12.6. The maximum absolute atomic E-state index is 13.9. The van der Waals surface area contributed by atoms with Crippen molar-refractivity contribution in [3.05, 3.63) is 104 Å². The molecule has 4 rings (SSSR count). The number of aromatic nitrogens is 3. The molecule has 0 saturated carbocycles. The minimum Gasteiger partial charge on any atom is -0.453 e. The van der Waals surface area contributed by atoms with Gasteiger partial charge in [-0.05, 0) is 60.5 Å². The van der Waals surface area contributed by atoms with E-state index in [9.17, 15) is 36.0 Å². The maximum atomic E-state index is 13.9. The third kappa shape index (κ3) is 8.16. The van der Waals surface area contributed by atoms with E-state index in [4.69, 9.17) is 23.2 Å². The smallest absolute Gasteiger partial charge is 0.417 e. The number of pyridine rings is 1. The highest BCUT2D eigenvalue weighted by Crippen LogP contribution is 2.34. The molecule has 248 valence electrons. The normalized spacial score (nSPS) is 11.7. The van der Waals surface area contributed by atoms with E-state index in [0.717, 1.165) is 34.9 Å². The maximum Gasteiger partial charge on any atom is 0.417 e. The Hall–Kier alpha value is -4.31. The van der Waals surface area contributed by atoms with Crippen molar-refractivity contribution in [2.45, 2.75) is 31.0 Å². The van der Waals surface area contributed by atoms with Crippen molar-refractivity contribution in [1.29, 1.82) is 0 Å². The number of benzene rings is 2. The summed E-state index contributed by atoms with van der Waals surface area (Å²) in [5, 5.41) is 4.59. The Morgan fingerprint density at radius 2 is 1.74 bits per heavy atom. The van der Waals surface area contributed by atoms with Crippen molar-refractivity contribution in [2.24, 2.45) is 0 Å². The minimum absolute atomic E-state index is 0.0119. The van der Waals surface area contributed by atoms with E-state index in [0.29, 0.717) is 17.2 Å². The fourth-order valence-electron chi connectivity index (χ4n) is 4.62. The zero-order valence-electron chi connectivity index (χ0n) is 24.9. The van der Waals surface area contributed by atoms with E-state index >= 15 is 0 Å². The first-order valence-electron chi connectivity index (χ1n) is 13.5. The molecule has 1 amide bonds. The molecule has 17 heteroatoms. The number of amides is 1. The standard InChI is InChI=1S/C30H26Cl2F3N5O6S/c1-17-11-18(31)12-21(26(42)16-39(2)29(43)46-3)20(17)14-25(41)24-13-19(38-40(24)28-23(32)8-6-10-36-28)15-37-47(44,45)27-9-5-4-7-22(27)30(33,34)35/h4-13,37H,14-16H2,1-3H3. The van der Waals surface area contributed by atoms with Gasteiger partial charge in [-0.3, -0.25) is 9.59 Å². The van der Waals surface area contributed by atoms with Gasteiger partial charge in [0, 0.05) is 30.3 Å². The number of aryl methyl sites for hydroxylation is 1. The third-order valence-corrected chi connectivity index (χ3v) is 8.83. The zero-order valence-corrected chi connectivity index (χ0v) is 27.3. The second-order valence-electron chi connectivity index (χ2n) is 10.2. The molecule has 0 radical (unpaired) electrons. The van der Waals surface area contributed by atoms with Gasteiger partial charge in [-0.25, -0.2) is 27.6 Å². The third-order valence-electron chi connectivity index (χ3n) is 6.85. The molecule has 0 spiro atoms. The lowest BCUT2D eigenvalue weighted by atomic mass is 9.93. The van der Waals surface area contributed by atoms with Crippen LogP contribution in [0.15, 0.2) is 65.7 Å². The Bertz CT molecular complexity index is 1970. The van der Waals surface area contributed by atoms with Crippen molar-refractivity contribution in [1.82, 2.24) is 24.4 Å². The number of rotatable bonds is 11. The highest BCUT2D eigenvalue weighted by molar-refractivity contribution is 7.89. The highest BCUT2D eigenvalue weighted by Gasteiger charge is 2.37. The first-order chi connectivity index (χ1) is 22.0. The van der Waals surface area contributed by atoms with Gasteiger partial charge in [0.15, 0.2) is 17.4 Å². The van der Waals surface area contributed by atoms with Gasteiger partial charge in [-0.2, -0.15) is 18.3 Å². The Balaban J connectivity index is 1.71. The van der Waals surface area contributed by atoms with Crippen LogP contribution in [-0.2, 0) is 33.9 Å². The predicted octanol–water partition coefficient (Wildman–Crippen LogP) is 5.69. The number of hydrogen-bond donors (Lipinski definition) is 1. The Morgan fingerprint density at radius 1 is 1.04 bits per heavy atom. The SMILES string of the molecule is COC(=O)N(C)CC(=O)c1cc(Cl)cc(C)c1CC(=O)c1cc(CNS(=O)(=O)c2ccccc2C(F)(F)F)nn1-c1ncccc1Cl. The summed E-state index contributed by atoms with van der Waals surface area (Å²) in [7, 11) is -2.17. The summed E-state index contributed by atoms with van der Waals surface area (Å²) < 4.78 is 74.3. The topological polar surface area (TPSA) is 141 Å².